The number of nitrogens with zero attached hydrogens (tertiary/aromatic N) is 2. The van der Waals surface area contributed by atoms with E-state index in [-0.39, 0.29) is 10.0 Å². The van der Waals surface area contributed by atoms with E-state index < -0.39 is 10.0 Å². The van der Waals surface area contributed by atoms with E-state index in [1.54, 1.807) is 23.6 Å². The van der Waals surface area contributed by atoms with E-state index in [0.29, 0.717) is 5.82 Å². The number of aryl methyl sites for hydroxylation is 1. The Balaban J connectivity index is 1.74. The maximum atomic E-state index is 12.1. The van der Waals surface area contributed by atoms with Crippen LogP contribution in [0, 0.1) is 6.92 Å². The molecule has 3 aromatic rings. The predicted molar refractivity (Wildman–Crippen MR) is 91.6 cm³/mol. The third-order valence-corrected chi connectivity index (χ3v) is 5.82. The highest BCUT2D eigenvalue weighted by Crippen LogP contribution is 2.21. The number of hydrogen-bond donors (Lipinski definition) is 2. The summed E-state index contributed by atoms with van der Waals surface area (Å²) in [5.41, 5.74) is 2.01. The molecule has 3 rings (SSSR count). The van der Waals surface area contributed by atoms with Gasteiger partial charge in [-0.3, -0.25) is 4.72 Å². The van der Waals surface area contributed by atoms with Crippen LogP contribution in [0.1, 0.15) is 5.56 Å². The lowest BCUT2D eigenvalue weighted by Crippen LogP contribution is -2.13. The SMILES string of the molecule is Cc1ccccc1Nc1ccc(NS(=O)(=O)c2cccs2)nn1. The molecule has 2 heterocycles. The molecule has 0 unspecified atom stereocenters. The molecule has 1 aromatic carbocycles. The number of benzene rings is 1. The molecule has 2 N–H and O–H groups in total. The van der Waals surface area contributed by atoms with Gasteiger partial charge in [0.1, 0.15) is 4.21 Å². The molecule has 0 saturated heterocycles. The Labute approximate surface area is 138 Å². The largest absolute Gasteiger partial charge is 0.339 e. The minimum absolute atomic E-state index is 0.175. The topological polar surface area (TPSA) is 84.0 Å². The zero-order valence-corrected chi connectivity index (χ0v) is 13.9. The lowest BCUT2D eigenvalue weighted by Gasteiger charge is -2.09. The third-order valence-electron chi connectivity index (χ3n) is 3.07. The molecule has 118 valence electrons. The molecule has 0 bridgehead atoms. The summed E-state index contributed by atoms with van der Waals surface area (Å²) in [6.45, 7) is 1.99. The van der Waals surface area contributed by atoms with Gasteiger partial charge in [0.05, 0.1) is 0 Å². The minimum Gasteiger partial charge on any atom is -0.339 e. The first-order valence-corrected chi connectivity index (χ1v) is 9.13. The molecule has 0 aliphatic heterocycles. The summed E-state index contributed by atoms with van der Waals surface area (Å²) in [4.78, 5) is 0. The summed E-state index contributed by atoms with van der Waals surface area (Å²) in [5, 5.41) is 12.7. The quantitative estimate of drug-likeness (QED) is 0.740. The van der Waals surface area contributed by atoms with Crippen LogP contribution < -0.4 is 10.0 Å². The van der Waals surface area contributed by atoms with E-state index in [4.69, 9.17) is 0 Å². The average Bonchev–Trinajstić information content (AvgIpc) is 3.06. The second-order valence-corrected chi connectivity index (χ2v) is 7.64. The van der Waals surface area contributed by atoms with E-state index in [9.17, 15) is 8.42 Å². The monoisotopic (exact) mass is 346 g/mol. The van der Waals surface area contributed by atoms with E-state index >= 15 is 0 Å². The van der Waals surface area contributed by atoms with Crippen LogP contribution in [0.5, 0.6) is 0 Å². The number of hydrogen-bond acceptors (Lipinski definition) is 6. The van der Waals surface area contributed by atoms with Crippen molar-refractivity contribution in [3.8, 4) is 0 Å². The number of anilines is 3. The zero-order valence-electron chi connectivity index (χ0n) is 12.2. The van der Waals surface area contributed by atoms with Gasteiger partial charge in [-0.25, -0.2) is 8.42 Å². The molecule has 0 saturated carbocycles. The smallest absolute Gasteiger partial charge is 0.272 e. The Bertz CT molecular complexity index is 891. The molecule has 0 aliphatic rings. The third kappa shape index (κ3) is 3.66. The highest BCUT2D eigenvalue weighted by atomic mass is 32.2. The zero-order chi connectivity index (χ0) is 16.3. The molecule has 0 fully saturated rings. The summed E-state index contributed by atoms with van der Waals surface area (Å²) < 4.78 is 26.8. The molecular formula is C15H14N4O2S2. The normalized spacial score (nSPS) is 11.2. The van der Waals surface area contributed by atoms with E-state index in [1.807, 2.05) is 31.2 Å². The highest BCUT2D eigenvalue weighted by molar-refractivity contribution is 7.94. The van der Waals surface area contributed by atoms with E-state index in [1.165, 1.54) is 6.07 Å². The summed E-state index contributed by atoms with van der Waals surface area (Å²) in [6, 6.07) is 14.3. The predicted octanol–water partition coefficient (Wildman–Crippen LogP) is 3.39. The molecular weight excluding hydrogens is 332 g/mol. The van der Waals surface area contributed by atoms with Crippen molar-refractivity contribution in [2.45, 2.75) is 11.1 Å². The summed E-state index contributed by atoms with van der Waals surface area (Å²) in [6.07, 6.45) is 0. The van der Waals surface area contributed by atoms with Gasteiger partial charge < -0.3 is 5.32 Å². The van der Waals surface area contributed by atoms with Crippen molar-refractivity contribution in [2.24, 2.45) is 0 Å². The Kier molecular flexibility index (Phi) is 4.26. The van der Waals surface area contributed by atoms with Crippen molar-refractivity contribution in [2.75, 3.05) is 10.0 Å². The van der Waals surface area contributed by atoms with Crippen molar-refractivity contribution < 1.29 is 8.42 Å². The van der Waals surface area contributed by atoms with Gasteiger partial charge in [0.15, 0.2) is 11.6 Å². The fourth-order valence-corrected chi connectivity index (χ4v) is 3.90. The molecule has 0 atom stereocenters. The molecule has 0 radical (unpaired) electrons. The second kappa shape index (κ2) is 6.35. The van der Waals surface area contributed by atoms with Crippen LogP contribution in [0.15, 0.2) is 58.1 Å². The molecule has 2 aromatic heterocycles. The van der Waals surface area contributed by atoms with Crippen LogP contribution in [0.2, 0.25) is 0 Å². The van der Waals surface area contributed by atoms with Crippen molar-refractivity contribution in [1.29, 1.82) is 0 Å². The van der Waals surface area contributed by atoms with Gasteiger partial charge in [-0.1, -0.05) is 24.3 Å². The van der Waals surface area contributed by atoms with E-state index in [2.05, 4.69) is 20.2 Å². The van der Waals surface area contributed by atoms with Crippen molar-refractivity contribution in [1.82, 2.24) is 10.2 Å². The van der Waals surface area contributed by atoms with Crippen molar-refractivity contribution >= 4 is 38.7 Å². The fraction of sp³-hybridized carbons (Fsp3) is 0.0667. The number of nitrogens with one attached hydrogen (secondary N) is 2. The Morgan fingerprint density at radius 2 is 1.70 bits per heavy atom. The fourth-order valence-electron chi connectivity index (χ4n) is 1.91. The Hall–Kier alpha value is -2.45. The molecule has 23 heavy (non-hydrogen) atoms. The molecule has 6 nitrogen and oxygen atoms in total. The van der Waals surface area contributed by atoms with Gasteiger partial charge in [0, 0.05) is 5.69 Å². The van der Waals surface area contributed by atoms with Gasteiger partial charge in [-0.15, -0.1) is 21.5 Å². The Morgan fingerprint density at radius 3 is 2.35 bits per heavy atom. The number of sulfonamides is 1. The molecule has 8 heteroatoms. The second-order valence-electron chi connectivity index (χ2n) is 4.78. The lowest BCUT2D eigenvalue weighted by molar-refractivity contribution is 0.603. The summed E-state index contributed by atoms with van der Waals surface area (Å²) in [5.74, 6) is 0.715. The van der Waals surface area contributed by atoms with Gasteiger partial charge in [0.2, 0.25) is 0 Å². The van der Waals surface area contributed by atoms with Gasteiger partial charge in [0.25, 0.3) is 10.0 Å². The number of aromatic nitrogens is 2. The Morgan fingerprint density at radius 1 is 0.957 bits per heavy atom. The lowest BCUT2D eigenvalue weighted by atomic mass is 10.2. The van der Waals surface area contributed by atoms with Crippen LogP contribution >= 0.6 is 11.3 Å². The van der Waals surface area contributed by atoms with Gasteiger partial charge in [-0.2, -0.15) is 0 Å². The van der Waals surface area contributed by atoms with Gasteiger partial charge >= 0.3 is 0 Å². The van der Waals surface area contributed by atoms with Gasteiger partial charge in [-0.05, 0) is 42.1 Å². The number of thiophene rings is 1. The summed E-state index contributed by atoms with van der Waals surface area (Å²) in [7, 11) is -3.60. The number of rotatable bonds is 5. The highest BCUT2D eigenvalue weighted by Gasteiger charge is 2.15. The molecule has 0 amide bonds. The first-order valence-electron chi connectivity index (χ1n) is 6.77. The first kappa shape index (κ1) is 15.4. The molecule has 0 aliphatic carbocycles. The van der Waals surface area contributed by atoms with Crippen LogP contribution in [0.25, 0.3) is 0 Å². The van der Waals surface area contributed by atoms with Crippen LogP contribution in [-0.2, 0) is 10.0 Å². The van der Waals surface area contributed by atoms with E-state index in [0.717, 1.165) is 22.6 Å². The van der Waals surface area contributed by atoms with Crippen LogP contribution in [0.3, 0.4) is 0 Å². The van der Waals surface area contributed by atoms with Crippen LogP contribution in [0.4, 0.5) is 17.3 Å². The maximum absolute atomic E-state index is 12.1. The van der Waals surface area contributed by atoms with Crippen molar-refractivity contribution in [3.05, 3.63) is 59.5 Å². The maximum Gasteiger partial charge on any atom is 0.272 e. The minimum atomic E-state index is -3.60. The number of para-hydroxylation sites is 1. The van der Waals surface area contributed by atoms with Crippen LogP contribution in [-0.4, -0.2) is 18.6 Å². The van der Waals surface area contributed by atoms with Crippen molar-refractivity contribution in [3.63, 3.8) is 0 Å². The molecule has 0 spiro atoms. The summed E-state index contributed by atoms with van der Waals surface area (Å²) >= 11 is 1.14. The first-order chi connectivity index (χ1) is 11.0. The standard InChI is InChI=1S/C15H14N4O2S2/c1-11-5-2-3-6-12(11)16-13-8-9-14(18-17-13)19-23(20,21)15-7-4-10-22-15/h2-10H,1H3,(H,16,17)(H,18,19). The average molecular weight is 346 g/mol.